The van der Waals surface area contributed by atoms with Gasteiger partial charge in [-0.3, -0.25) is 4.79 Å². The van der Waals surface area contributed by atoms with Gasteiger partial charge in [0.05, 0.1) is 6.42 Å². The van der Waals surface area contributed by atoms with Crippen molar-refractivity contribution in [3.05, 3.63) is 87.9 Å². The van der Waals surface area contributed by atoms with E-state index in [-0.39, 0.29) is 16.6 Å². The fourth-order valence-corrected chi connectivity index (χ4v) is 14.0. The molecule has 4 nitrogen and oxygen atoms in total. The Morgan fingerprint density at radius 2 is 1.67 bits per heavy atom. The van der Waals surface area contributed by atoms with Crippen molar-refractivity contribution in [3.8, 4) is 0 Å². The molecule has 5 aliphatic rings. The van der Waals surface area contributed by atoms with Gasteiger partial charge in [-0.05, 0) is 165 Å². The van der Waals surface area contributed by atoms with E-state index in [0.717, 1.165) is 61.6 Å². The zero-order valence-electron chi connectivity index (χ0n) is 36.2. The summed E-state index contributed by atoms with van der Waals surface area (Å²) in [4.78, 5) is 12.4. The molecule has 7 rings (SSSR count). The lowest BCUT2D eigenvalue weighted by Gasteiger charge is -2.67. The third-order valence-corrected chi connectivity index (χ3v) is 16.9. The standard InChI is InChI=1S/C51H72N2O2/c1-12-14-39-30-51(31-45-53-52-44(55-45)28-37-17-15-33(5)16-18-37)26-23-42-40(47(51)46(39)32(3)4)19-20-43-49(10)24-21-38(34(6)41(49)22-25-50(42,43)11)27-36(13-2)29-48(8,9)35(7)54/h14-18,32,34,38,40-43H,2,12,19-31H2,1,3-11H3/b39-14-. The van der Waals surface area contributed by atoms with Crippen molar-refractivity contribution in [1.29, 1.82) is 0 Å². The van der Waals surface area contributed by atoms with Crippen molar-refractivity contribution in [1.82, 2.24) is 10.2 Å². The minimum absolute atomic E-state index is 0.0830. The van der Waals surface area contributed by atoms with Crippen LogP contribution in [0.3, 0.4) is 0 Å². The lowest BCUT2D eigenvalue weighted by molar-refractivity contribution is -0.170. The van der Waals surface area contributed by atoms with Crippen LogP contribution in [0, 0.1) is 70.0 Å². The second kappa shape index (κ2) is 15.1. The molecule has 4 heteroatoms. The molecule has 0 spiro atoms. The molecule has 1 heterocycles. The first-order valence-corrected chi connectivity index (χ1v) is 22.2. The maximum Gasteiger partial charge on any atom is 0.220 e. The Hall–Kier alpha value is -2.97. The highest BCUT2D eigenvalue weighted by Crippen LogP contribution is 2.73. The molecule has 298 valence electrons. The van der Waals surface area contributed by atoms with E-state index in [1.807, 2.05) is 0 Å². The number of benzene rings is 1. The third kappa shape index (κ3) is 7.15. The zero-order chi connectivity index (χ0) is 39.5. The van der Waals surface area contributed by atoms with E-state index in [9.17, 15) is 4.79 Å². The molecular formula is C51H72N2O2. The van der Waals surface area contributed by atoms with Gasteiger partial charge in [-0.1, -0.05) is 103 Å². The van der Waals surface area contributed by atoms with Gasteiger partial charge in [0, 0.05) is 17.3 Å². The molecule has 1 aromatic heterocycles. The molecule has 0 radical (unpaired) electrons. The molecule has 1 aromatic carbocycles. The van der Waals surface area contributed by atoms with E-state index in [2.05, 4.69) is 110 Å². The number of nitrogens with zero attached hydrogens (tertiary/aromatic N) is 2. The van der Waals surface area contributed by atoms with Gasteiger partial charge in [-0.25, -0.2) is 0 Å². The lowest BCUT2D eigenvalue weighted by Crippen LogP contribution is -2.60. The Kier molecular flexibility index (Phi) is 11.0. The summed E-state index contributed by atoms with van der Waals surface area (Å²) in [5.74, 6) is 6.59. The topological polar surface area (TPSA) is 56.0 Å². The molecule has 0 amide bonds. The van der Waals surface area contributed by atoms with Crippen molar-refractivity contribution < 1.29 is 9.21 Å². The van der Waals surface area contributed by atoms with Crippen LogP contribution >= 0.6 is 0 Å². The van der Waals surface area contributed by atoms with Crippen LogP contribution in [0.25, 0.3) is 0 Å². The SMILES string of the molecule is C=C=C(CC1CCC2(C)C(CCC3(C)C4CCC5(Cc6nnc(Cc7ccc(C)cc7)o6)C/C(=C/CC)C(C(C)C)=C5C4CCC32)C1C)CC(C)(C)C(C)=O. The van der Waals surface area contributed by atoms with Crippen LogP contribution in [0.4, 0.5) is 0 Å². The third-order valence-electron chi connectivity index (χ3n) is 16.9. The number of allylic oxidation sites excluding steroid dienone is 5. The van der Waals surface area contributed by atoms with Gasteiger partial charge in [0.1, 0.15) is 5.78 Å². The largest absolute Gasteiger partial charge is 0.425 e. The van der Waals surface area contributed by atoms with Crippen LogP contribution in [0.2, 0.25) is 0 Å². The summed E-state index contributed by atoms with van der Waals surface area (Å²) in [5, 5.41) is 9.33. The lowest BCUT2D eigenvalue weighted by atomic mass is 9.37. The first-order valence-electron chi connectivity index (χ1n) is 22.2. The fraction of sp³-hybridized carbons (Fsp3) is 0.686. The van der Waals surface area contributed by atoms with Gasteiger partial charge < -0.3 is 4.42 Å². The molecule has 0 bridgehead atoms. The molecule has 2 aromatic rings. The average molecular weight is 745 g/mol. The van der Waals surface area contributed by atoms with Crippen molar-refractivity contribution in [3.63, 3.8) is 0 Å². The molecule has 5 aliphatic carbocycles. The maximum atomic E-state index is 12.4. The highest BCUT2D eigenvalue weighted by Gasteiger charge is 2.64. The predicted molar refractivity (Wildman–Crippen MR) is 225 cm³/mol. The molecule has 9 atom stereocenters. The predicted octanol–water partition coefficient (Wildman–Crippen LogP) is 13.2. The molecule has 55 heavy (non-hydrogen) atoms. The molecule has 4 saturated carbocycles. The molecule has 9 unspecified atom stereocenters. The summed E-state index contributed by atoms with van der Waals surface area (Å²) in [6.45, 7) is 27.4. The van der Waals surface area contributed by atoms with Gasteiger partial charge >= 0.3 is 0 Å². The van der Waals surface area contributed by atoms with Crippen LogP contribution in [-0.2, 0) is 17.6 Å². The Bertz CT molecular complexity index is 1870. The highest BCUT2D eigenvalue weighted by molar-refractivity contribution is 5.81. The first kappa shape index (κ1) is 40.2. The summed E-state index contributed by atoms with van der Waals surface area (Å²) in [5.41, 5.74) is 12.7. The molecule has 0 saturated heterocycles. The first-order chi connectivity index (χ1) is 26.0. The minimum atomic E-state index is -0.345. The number of fused-ring (bicyclic) bond motifs is 7. The number of ketones is 1. The van der Waals surface area contributed by atoms with E-state index in [1.165, 1.54) is 68.1 Å². The summed E-state index contributed by atoms with van der Waals surface area (Å²) in [7, 11) is 0. The molecule has 0 aliphatic heterocycles. The van der Waals surface area contributed by atoms with Gasteiger partial charge in [0.25, 0.3) is 0 Å². The van der Waals surface area contributed by atoms with Crippen molar-refractivity contribution >= 4 is 5.78 Å². The maximum absolute atomic E-state index is 12.4. The van der Waals surface area contributed by atoms with E-state index >= 15 is 0 Å². The number of aromatic nitrogens is 2. The van der Waals surface area contributed by atoms with Crippen molar-refractivity contribution in [2.45, 2.75) is 159 Å². The smallest absolute Gasteiger partial charge is 0.220 e. The molecular weight excluding hydrogens is 673 g/mol. The van der Waals surface area contributed by atoms with Crippen LogP contribution in [0.1, 0.15) is 162 Å². The normalized spacial score (nSPS) is 35.2. The minimum Gasteiger partial charge on any atom is -0.425 e. The van der Waals surface area contributed by atoms with E-state index in [1.54, 1.807) is 23.6 Å². The Balaban J connectivity index is 1.14. The summed E-state index contributed by atoms with van der Waals surface area (Å²) in [6.07, 6.45) is 18.7. The average Bonchev–Trinajstić information content (AvgIpc) is 3.71. The van der Waals surface area contributed by atoms with E-state index in [4.69, 9.17) is 9.52 Å². The number of hydrogen-bond acceptors (Lipinski definition) is 4. The molecule has 0 N–H and O–H groups in total. The van der Waals surface area contributed by atoms with Crippen LogP contribution in [-0.4, -0.2) is 16.0 Å². The Morgan fingerprint density at radius 3 is 2.35 bits per heavy atom. The van der Waals surface area contributed by atoms with E-state index < -0.39 is 0 Å². The number of hydrogen-bond donors (Lipinski definition) is 0. The fourth-order valence-electron chi connectivity index (χ4n) is 14.0. The van der Waals surface area contributed by atoms with Crippen LogP contribution in [0.5, 0.6) is 0 Å². The van der Waals surface area contributed by atoms with Gasteiger partial charge in [0.2, 0.25) is 11.8 Å². The van der Waals surface area contributed by atoms with Gasteiger partial charge in [-0.2, -0.15) is 0 Å². The number of Topliss-reactive ketones (excluding diaryl/α,β-unsaturated/α-hetero) is 1. The Morgan fingerprint density at radius 1 is 1.00 bits per heavy atom. The number of carbonyl (C=O) groups is 1. The second-order valence-corrected chi connectivity index (χ2v) is 20.8. The monoisotopic (exact) mass is 745 g/mol. The summed E-state index contributed by atoms with van der Waals surface area (Å²) < 4.78 is 6.52. The van der Waals surface area contributed by atoms with Gasteiger partial charge in [0.15, 0.2) is 0 Å². The highest BCUT2D eigenvalue weighted by atomic mass is 16.4. The number of aryl methyl sites for hydroxylation is 1. The number of carbonyl (C=O) groups excluding carboxylic acids is 1. The van der Waals surface area contributed by atoms with Crippen LogP contribution < -0.4 is 0 Å². The van der Waals surface area contributed by atoms with E-state index in [0.29, 0.717) is 40.9 Å². The number of rotatable bonds is 11. The van der Waals surface area contributed by atoms with Crippen molar-refractivity contribution in [2.24, 2.45) is 63.1 Å². The van der Waals surface area contributed by atoms with Crippen LogP contribution in [0.15, 0.2) is 69.4 Å². The second-order valence-electron chi connectivity index (χ2n) is 20.8. The molecule has 4 fully saturated rings. The Labute approximate surface area is 334 Å². The summed E-state index contributed by atoms with van der Waals surface area (Å²) in [6, 6.07) is 8.69. The van der Waals surface area contributed by atoms with Crippen molar-refractivity contribution in [2.75, 3.05) is 0 Å². The quantitative estimate of drug-likeness (QED) is 0.215. The van der Waals surface area contributed by atoms with Gasteiger partial charge in [-0.15, -0.1) is 15.9 Å². The zero-order valence-corrected chi connectivity index (χ0v) is 36.2. The summed E-state index contributed by atoms with van der Waals surface area (Å²) >= 11 is 0.